The molecule has 0 saturated carbocycles. The van der Waals surface area contributed by atoms with Gasteiger partial charge in [-0.05, 0) is 76.1 Å². The number of carbonyl (C=O) groups is 1. The van der Waals surface area contributed by atoms with E-state index >= 15 is 0 Å². The first-order valence-corrected chi connectivity index (χ1v) is 14.9. The summed E-state index contributed by atoms with van der Waals surface area (Å²) in [4.78, 5) is 37.4. The molecule has 5 rings (SSSR count). The van der Waals surface area contributed by atoms with Crippen LogP contribution in [-0.2, 0) is 6.54 Å². The number of alkyl halides is 3. The van der Waals surface area contributed by atoms with Gasteiger partial charge in [0.15, 0.2) is 0 Å². The summed E-state index contributed by atoms with van der Waals surface area (Å²) in [5.41, 5.74) is 7.15. The van der Waals surface area contributed by atoms with Crippen molar-refractivity contribution < 1.29 is 22.7 Å². The third-order valence-corrected chi connectivity index (χ3v) is 8.52. The summed E-state index contributed by atoms with van der Waals surface area (Å²) in [7, 11) is 1.48. The second kappa shape index (κ2) is 12.7. The first kappa shape index (κ1) is 32.2. The van der Waals surface area contributed by atoms with Crippen LogP contribution in [0.25, 0.3) is 16.6 Å². The number of carbonyl (C=O) groups excluding carboxylic acids is 1. The lowest BCUT2D eigenvalue weighted by Crippen LogP contribution is -2.49. The van der Waals surface area contributed by atoms with Gasteiger partial charge in [-0.1, -0.05) is 0 Å². The summed E-state index contributed by atoms with van der Waals surface area (Å²) >= 11 is 0. The quantitative estimate of drug-likeness (QED) is 0.283. The Bertz CT molecular complexity index is 1770. The molecule has 0 bridgehead atoms. The summed E-state index contributed by atoms with van der Waals surface area (Å²) < 4.78 is 46.6. The van der Waals surface area contributed by atoms with Gasteiger partial charge in [0.1, 0.15) is 5.75 Å². The molecule has 0 unspecified atom stereocenters. The smallest absolute Gasteiger partial charge is 0.401 e. The first-order valence-electron chi connectivity index (χ1n) is 14.9. The van der Waals surface area contributed by atoms with Crippen LogP contribution in [0.4, 0.5) is 13.2 Å². The highest BCUT2D eigenvalue weighted by atomic mass is 19.4. The number of nitrogens with one attached hydrogen (secondary N) is 2. The number of pyridine rings is 3. The molecule has 1 aliphatic heterocycles. The van der Waals surface area contributed by atoms with Crippen molar-refractivity contribution in [3.63, 3.8) is 0 Å². The number of piperazine rings is 1. The van der Waals surface area contributed by atoms with Crippen LogP contribution in [0.3, 0.4) is 0 Å². The minimum absolute atomic E-state index is 0.0368. The van der Waals surface area contributed by atoms with E-state index in [9.17, 15) is 22.8 Å². The minimum atomic E-state index is -4.24. The summed E-state index contributed by atoms with van der Waals surface area (Å²) in [6.07, 6.45) is -2.26. The molecule has 45 heavy (non-hydrogen) atoms. The van der Waals surface area contributed by atoms with Gasteiger partial charge in [-0.3, -0.25) is 24.4 Å². The molecule has 5 heterocycles. The van der Waals surface area contributed by atoms with Gasteiger partial charge in [0, 0.05) is 72.3 Å². The molecule has 4 aromatic rings. The van der Waals surface area contributed by atoms with Crippen molar-refractivity contribution in [2.24, 2.45) is 0 Å². The molecule has 4 aromatic heterocycles. The Balaban J connectivity index is 1.55. The Morgan fingerprint density at radius 2 is 1.73 bits per heavy atom. The molecule has 1 aliphatic rings. The van der Waals surface area contributed by atoms with Gasteiger partial charge in [-0.2, -0.15) is 13.2 Å². The SMILES string of the molecule is COc1cc(C)[nH]c(=O)c1CNC(=O)c1cc2c(-c3cc(C)nc(C)c3)ccn2c([C@@H](C)N2CCN(CC(F)(F)F)CC2)c1C. The first-order chi connectivity index (χ1) is 21.3. The number of aromatic nitrogens is 3. The molecule has 240 valence electrons. The third kappa shape index (κ3) is 6.91. The van der Waals surface area contributed by atoms with Crippen molar-refractivity contribution in [1.82, 2.24) is 29.5 Å². The Morgan fingerprint density at radius 1 is 1.07 bits per heavy atom. The standard InChI is InChI=1S/C33H39F3N6O3/c1-19-13-24(14-20(2)38-19)25-7-8-42-28(25)16-26(31(43)37-17-27-29(45-6)15-21(3)39-32(27)44)22(4)30(42)23(5)41-11-9-40(10-12-41)18-33(34,35)36/h7-8,13-16,23H,9-12,17-18H2,1-6H3,(H,37,43)(H,39,44)/t23-/m1/s1. The number of ether oxygens (including phenoxy) is 1. The zero-order valence-corrected chi connectivity index (χ0v) is 26.4. The van der Waals surface area contributed by atoms with Gasteiger partial charge in [-0.15, -0.1) is 0 Å². The number of hydrogen-bond acceptors (Lipinski definition) is 6. The number of methoxy groups -OCH3 is 1. The van der Waals surface area contributed by atoms with E-state index in [0.29, 0.717) is 48.7 Å². The maximum Gasteiger partial charge on any atom is 0.401 e. The molecule has 9 nitrogen and oxygen atoms in total. The maximum absolute atomic E-state index is 13.9. The second-order valence-corrected chi connectivity index (χ2v) is 11.8. The number of H-pyrrole nitrogens is 1. The zero-order chi connectivity index (χ0) is 32.6. The number of halogens is 3. The van der Waals surface area contributed by atoms with Gasteiger partial charge >= 0.3 is 6.18 Å². The van der Waals surface area contributed by atoms with Crippen molar-refractivity contribution in [2.75, 3.05) is 39.8 Å². The van der Waals surface area contributed by atoms with Gasteiger partial charge in [-0.25, -0.2) is 0 Å². The Labute approximate surface area is 260 Å². The van der Waals surface area contributed by atoms with Crippen molar-refractivity contribution >= 4 is 11.4 Å². The number of nitrogens with zero attached hydrogens (tertiary/aromatic N) is 4. The van der Waals surface area contributed by atoms with Crippen molar-refractivity contribution in [3.8, 4) is 16.9 Å². The highest BCUT2D eigenvalue weighted by Crippen LogP contribution is 2.34. The fraction of sp³-hybridized carbons (Fsp3) is 0.424. The molecule has 1 fully saturated rings. The van der Waals surface area contributed by atoms with Gasteiger partial charge in [0.2, 0.25) is 0 Å². The molecule has 2 N–H and O–H groups in total. The average molecular weight is 625 g/mol. The van der Waals surface area contributed by atoms with Crippen molar-refractivity contribution in [3.05, 3.63) is 86.3 Å². The summed E-state index contributed by atoms with van der Waals surface area (Å²) in [5, 5.41) is 2.91. The lowest BCUT2D eigenvalue weighted by Gasteiger charge is -2.39. The van der Waals surface area contributed by atoms with E-state index in [1.807, 2.05) is 58.2 Å². The van der Waals surface area contributed by atoms with E-state index in [2.05, 4.69) is 24.6 Å². The minimum Gasteiger partial charge on any atom is -0.496 e. The van der Waals surface area contributed by atoms with Crippen LogP contribution < -0.4 is 15.6 Å². The molecule has 1 amide bonds. The van der Waals surface area contributed by atoms with Crippen LogP contribution in [0.2, 0.25) is 0 Å². The molecule has 12 heteroatoms. The van der Waals surface area contributed by atoms with Gasteiger partial charge in [0.05, 0.1) is 31.3 Å². The predicted octanol–water partition coefficient (Wildman–Crippen LogP) is 5.10. The molecular formula is C33H39F3N6O3. The van der Waals surface area contributed by atoms with Crippen LogP contribution >= 0.6 is 0 Å². The van der Waals surface area contributed by atoms with E-state index in [1.54, 1.807) is 13.0 Å². The lowest BCUT2D eigenvalue weighted by molar-refractivity contribution is -0.149. The van der Waals surface area contributed by atoms with E-state index in [1.165, 1.54) is 12.0 Å². The number of fused-ring (bicyclic) bond motifs is 1. The van der Waals surface area contributed by atoms with E-state index < -0.39 is 12.7 Å². The number of amides is 1. The van der Waals surface area contributed by atoms with Crippen LogP contribution in [0.5, 0.6) is 5.75 Å². The summed E-state index contributed by atoms with van der Waals surface area (Å²) in [6, 6.07) is 9.38. The number of aromatic amines is 1. The normalized spacial score (nSPS) is 15.4. The molecular weight excluding hydrogens is 585 g/mol. The van der Waals surface area contributed by atoms with Crippen molar-refractivity contribution in [1.29, 1.82) is 0 Å². The van der Waals surface area contributed by atoms with Crippen molar-refractivity contribution in [2.45, 2.75) is 53.4 Å². The Kier molecular flexibility index (Phi) is 9.09. The lowest BCUT2D eigenvalue weighted by atomic mass is 9.98. The summed E-state index contributed by atoms with van der Waals surface area (Å²) in [6.45, 7) is 10.1. The van der Waals surface area contributed by atoms with Crippen LogP contribution in [0, 0.1) is 27.7 Å². The highest BCUT2D eigenvalue weighted by molar-refractivity contribution is 5.98. The Morgan fingerprint density at radius 3 is 2.36 bits per heavy atom. The largest absolute Gasteiger partial charge is 0.496 e. The fourth-order valence-electron chi connectivity index (χ4n) is 6.38. The van der Waals surface area contributed by atoms with Crippen LogP contribution in [0.15, 0.2) is 41.3 Å². The van der Waals surface area contributed by atoms with E-state index in [0.717, 1.165) is 39.3 Å². The maximum atomic E-state index is 13.9. The van der Waals surface area contributed by atoms with Crippen LogP contribution in [0.1, 0.15) is 57.2 Å². The second-order valence-electron chi connectivity index (χ2n) is 11.8. The fourth-order valence-corrected chi connectivity index (χ4v) is 6.38. The third-order valence-electron chi connectivity index (χ3n) is 8.52. The highest BCUT2D eigenvalue weighted by Gasteiger charge is 2.34. The number of hydrogen-bond donors (Lipinski definition) is 2. The van der Waals surface area contributed by atoms with Gasteiger partial charge < -0.3 is 19.4 Å². The number of aryl methyl sites for hydroxylation is 3. The molecule has 0 aliphatic carbocycles. The van der Waals surface area contributed by atoms with E-state index in [4.69, 9.17) is 4.74 Å². The predicted molar refractivity (Wildman–Crippen MR) is 167 cm³/mol. The molecule has 1 atom stereocenters. The average Bonchev–Trinajstić information content (AvgIpc) is 3.38. The Hall–Kier alpha value is -4.16. The van der Waals surface area contributed by atoms with Crippen LogP contribution in [-0.4, -0.2) is 76.1 Å². The molecule has 0 aromatic carbocycles. The zero-order valence-electron chi connectivity index (χ0n) is 26.4. The molecule has 1 saturated heterocycles. The van der Waals surface area contributed by atoms with Gasteiger partial charge in [0.25, 0.3) is 11.5 Å². The monoisotopic (exact) mass is 624 g/mol. The summed E-state index contributed by atoms with van der Waals surface area (Å²) in [5.74, 6) is 0.0368. The molecule has 0 radical (unpaired) electrons. The number of rotatable bonds is 8. The topological polar surface area (TPSA) is 95.0 Å². The van der Waals surface area contributed by atoms with E-state index in [-0.39, 0.29) is 24.1 Å². The molecule has 0 spiro atoms.